The number of carbonyl (C=O) groups is 1. The quantitative estimate of drug-likeness (QED) is 0.531. The van der Waals surface area contributed by atoms with Gasteiger partial charge in [0.25, 0.3) is 0 Å². The highest BCUT2D eigenvalue weighted by molar-refractivity contribution is 9.10. The summed E-state index contributed by atoms with van der Waals surface area (Å²) >= 11 is 5.12. The van der Waals surface area contributed by atoms with Crippen LogP contribution in [0.1, 0.15) is 32.1 Å². The van der Waals surface area contributed by atoms with Crippen LogP contribution < -0.4 is 10.6 Å². The van der Waals surface area contributed by atoms with Crippen molar-refractivity contribution in [1.29, 1.82) is 0 Å². The maximum absolute atomic E-state index is 11.9. The van der Waals surface area contributed by atoms with Crippen molar-refractivity contribution in [2.45, 2.75) is 33.7 Å². The van der Waals surface area contributed by atoms with Crippen molar-refractivity contribution in [3.8, 4) is 0 Å². The molecule has 0 aliphatic rings. The van der Waals surface area contributed by atoms with E-state index in [1.165, 1.54) is 4.88 Å². The van der Waals surface area contributed by atoms with Gasteiger partial charge in [-0.3, -0.25) is 4.79 Å². The summed E-state index contributed by atoms with van der Waals surface area (Å²) in [4.78, 5) is 19.5. The van der Waals surface area contributed by atoms with Gasteiger partial charge in [-0.1, -0.05) is 0 Å². The van der Waals surface area contributed by atoms with Crippen LogP contribution in [0.4, 0.5) is 0 Å². The number of hydrogen-bond acceptors (Lipinski definition) is 3. The summed E-state index contributed by atoms with van der Waals surface area (Å²) in [5.41, 5.74) is 0. The lowest BCUT2D eigenvalue weighted by Gasteiger charge is -2.19. The molecule has 124 valence electrons. The molecule has 2 N–H and O–H groups in total. The first-order valence-corrected chi connectivity index (χ1v) is 9.30. The minimum absolute atomic E-state index is 0.176. The van der Waals surface area contributed by atoms with Crippen LogP contribution in [0, 0.1) is 0 Å². The van der Waals surface area contributed by atoms with Crippen LogP contribution in [0.25, 0.3) is 0 Å². The second-order valence-corrected chi connectivity index (χ2v) is 6.58. The largest absolute Gasteiger partial charge is 0.357 e. The van der Waals surface area contributed by atoms with Gasteiger partial charge in [0.2, 0.25) is 5.91 Å². The summed E-state index contributed by atoms with van der Waals surface area (Å²) in [6.07, 6.45) is 0.483. The minimum atomic E-state index is 0.176. The number of amides is 1. The third kappa shape index (κ3) is 6.79. The van der Waals surface area contributed by atoms with E-state index < -0.39 is 0 Å². The number of thiophene rings is 1. The first kappa shape index (κ1) is 19.0. The van der Waals surface area contributed by atoms with E-state index in [1.807, 2.05) is 31.1 Å². The maximum Gasteiger partial charge on any atom is 0.224 e. The van der Waals surface area contributed by atoms with Gasteiger partial charge in [-0.25, -0.2) is 4.99 Å². The Kier molecular flexibility index (Phi) is 9.15. The molecule has 1 rings (SSSR count). The molecule has 0 radical (unpaired) electrons. The Labute approximate surface area is 145 Å². The number of aliphatic imine (C=N–C) groups is 1. The van der Waals surface area contributed by atoms with E-state index in [9.17, 15) is 4.79 Å². The number of rotatable bonds is 8. The Morgan fingerprint density at radius 3 is 2.59 bits per heavy atom. The van der Waals surface area contributed by atoms with Crippen molar-refractivity contribution in [3.05, 3.63) is 20.8 Å². The van der Waals surface area contributed by atoms with Gasteiger partial charge in [0.1, 0.15) is 0 Å². The second-order valence-electron chi connectivity index (χ2n) is 4.67. The van der Waals surface area contributed by atoms with E-state index in [0.29, 0.717) is 19.5 Å². The van der Waals surface area contributed by atoms with Gasteiger partial charge in [0.15, 0.2) is 5.96 Å². The molecule has 7 heteroatoms. The highest BCUT2D eigenvalue weighted by Crippen LogP contribution is 2.20. The van der Waals surface area contributed by atoms with Crippen LogP contribution in [-0.2, 0) is 11.3 Å². The van der Waals surface area contributed by atoms with Crippen molar-refractivity contribution in [2.24, 2.45) is 4.99 Å². The molecule has 0 fully saturated rings. The van der Waals surface area contributed by atoms with E-state index in [-0.39, 0.29) is 5.91 Å². The summed E-state index contributed by atoms with van der Waals surface area (Å²) in [7, 11) is 0. The van der Waals surface area contributed by atoms with Crippen LogP contribution in [0.2, 0.25) is 0 Å². The summed E-state index contributed by atoms with van der Waals surface area (Å²) in [5, 5.41) is 8.46. The lowest BCUT2D eigenvalue weighted by Crippen LogP contribution is -2.40. The molecular weight excluding hydrogens is 364 g/mol. The normalized spacial score (nSPS) is 11.4. The summed E-state index contributed by atoms with van der Waals surface area (Å²) in [6.45, 7) is 9.57. The van der Waals surface area contributed by atoms with E-state index in [4.69, 9.17) is 0 Å². The molecule has 1 aromatic rings. The molecule has 1 heterocycles. The Morgan fingerprint density at radius 1 is 1.32 bits per heavy atom. The van der Waals surface area contributed by atoms with E-state index in [0.717, 1.165) is 30.1 Å². The number of carbonyl (C=O) groups excluding carboxylic acids is 1. The number of nitrogens with zero attached hydrogens (tertiary/aromatic N) is 2. The van der Waals surface area contributed by atoms with Crippen LogP contribution in [-0.4, -0.2) is 42.9 Å². The van der Waals surface area contributed by atoms with Crippen molar-refractivity contribution < 1.29 is 4.79 Å². The molecule has 1 aromatic heterocycles. The average Bonchev–Trinajstić information content (AvgIpc) is 2.91. The molecule has 0 spiro atoms. The van der Waals surface area contributed by atoms with Gasteiger partial charge in [-0.05, 0) is 42.8 Å². The van der Waals surface area contributed by atoms with Crippen LogP contribution in [0.15, 0.2) is 20.9 Å². The van der Waals surface area contributed by atoms with Gasteiger partial charge in [0.05, 0.1) is 6.54 Å². The standard InChI is InChI=1S/C15H25BrN4OS/c1-4-17-15(19-10-13-9-12(16)11-22-13)18-8-7-14(21)20(5-2)6-3/h9,11H,4-8,10H2,1-3H3,(H2,17,18,19). The van der Waals surface area contributed by atoms with Crippen LogP contribution in [0.5, 0.6) is 0 Å². The van der Waals surface area contributed by atoms with E-state index >= 15 is 0 Å². The minimum Gasteiger partial charge on any atom is -0.357 e. The molecular formula is C15H25BrN4OS. The van der Waals surface area contributed by atoms with Crippen LogP contribution in [0.3, 0.4) is 0 Å². The van der Waals surface area contributed by atoms with Gasteiger partial charge in [0, 0.05) is 47.3 Å². The monoisotopic (exact) mass is 388 g/mol. The fraction of sp³-hybridized carbons (Fsp3) is 0.600. The third-order valence-electron chi connectivity index (χ3n) is 3.11. The highest BCUT2D eigenvalue weighted by atomic mass is 79.9. The molecule has 1 amide bonds. The zero-order valence-corrected chi connectivity index (χ0v) is 15.9. The molecule has 0 aliphatic carbocycles. The van der Waals surface area contributed by atoms with Crippen LogP contribution >= 0.6 is 27.3 Å². The molecule has 0 atom stereocenters. The zero-order chi connectivity index (χ0) is 16.4. The molecule has 0 aromatic carbocycles. The van der Waals surface area contributed by atoms with Crippen molar-refractivity contribution in [2.75, 3.05) is 26.2 Å². The summed E-state index contributed by atoms with van der Waals surface area (Å²) < 4.78 is 1.09. The highest BCUT2D eigenvalue weighted by Gasteiger charge is 2.09. The Morgan fingerprint density at radius 2 is 2.05 bits per heavy atom. The Hall–Kier alpha value is -1.08. The Balaban J connectivity index is 2.45. The van der Waals surface area contributed by atoms with Gasteiger partial charge >= 0.3 is 0 Å². The predicted molar refractivity (Wildman–Crippen MR) is 97.4 cm³/mol. The fourth-order valence-electron chi connectivity index (χ4n) is 1.96. The SMILES string of the molecule is CCNC(=NCc1cc(Br)cs1)NCCC(=O)N(CC)CC. The molecule has 22 heavy (non-hydrogen) atoms. The van der Waals surface area contributed by atoms with Gasteiger partial charge in [-0.2, -0.15) is 0 Å². The first-order chi connectivity index (χ1) is 10.6. The van der Waals surface area contributed by atoms with Crippen molar-refractivity contribution in [1.82, 2.24) is 15.5 Å². The first-order valence-electron chi connectivity index (χ1n) is 7.63. The molecule has 0 saturated heterocycles. The average molecular weight is 389 g/mol. The number of nitrogens with one attached hydrogen (secondary N) is 2. The molecule has 5 nitrogen and oxygen atoms in total. The molecule has 0 unspecified atom stereocenters. The predicted octanol–water partition coefficient (Wildman–Crippen LogP) is 2.82. The second kappa shape index (κ2) is 10.6. The lowest BCUT2D eigenvalue weighted by atomic mass is 10.3. The molecule has 0 saturated carbocycles. The molecule has 0 bridgehead atoms. The maximum atomic E-state index is 11.9. The summed E-state index contributed by atoms with van der Waals surface area (Å²) in [6, 6.07) is 2.07. The number of guanidine groups is 1. The number of halogens is 1. The third-order valence-corrected chi connectivity index (χ3v) is 4.79. The van der Waals surface area contributed by atoms with Crippen molar-refractivity contribution >= 4 is 39.1 Å². The lowest BCUT2D eigenvalue weighted by molar-refractivity contribution is -0.130. The molecule has 0 aliphatic heterocycles. The van der Waals surface area contributed by atoms with E-state index in [1.54, 1.807) is 11.3 Å². The van der Waals surface area contributed by atoms with E-state index in [2.05, 4.69) is 37.6 Å². The zero-order valence-electron chi connectivity index (χ0n) is 13.5. The summed E-state index contributed by atoms with van der Waals surface area (Å²) in [5.74, 6) is 0.926. The topological polar surface area (TPSA) is 56.7 Å². The van der Waals surface area contributed by atoms with Gasteiger partial charge < -0.3 is 15.5 Å². The van der Waals surface area contributed by atoms with Gasteiger partial charge in [-0.15, -0.1) is 11.3 Å². The Bertz CT molecular complexity index is 486. The van der Waals surface area contributed by atoms with Crippen molar-refractivity contribution in [3.63, 3.8) is 0 Å². The smallest absolute Gasteiger partial charge is 0.224 e. The fourth-order valence-corrected chi connectivity index (χ4v) is 3.33. The number of hydrogen-bond donors (Lipinski definition) is 2.